The van der Waals surface area contributed by atoms with Crippen molar-refractivity contribution in [2.45, 2.75) is 58.5 Å². The summed E-state index contributed by atoms with van der Waals surface area (Å²) in [4.78, 5) is 10.0. The van der Waals surface area contributed by atoms with Gasteiger partial charge in [-0.3, -0.25) is 9.89 Å². The molecule has 0 aromatic carbocycles. The summed E-state index contributed by atoms with van der Waals surface area (Å²) in [6.07, 6.45) is 5.02. The van der Waals surface area contributed by atoms with Gasteiger partial charge < -0.3 is 20.3 Å². The average molecular weight is 495 g/mol. The minimum Gasteiger partial charge on any atom is -0.379 e. The van der Waals surface area contributed by atoms with E-state index in [1.165, 1.54) is 32.2 Å². The number of hydrogen-bond acceptors (Lipinski definition) is 4. The van der Waals surface area contributed by atoms with E-state index in [2.05, 4.69) is 48.3 Å². The van der Waals surface area contributed by atoms with Crippen LogP contribution in [-0.2, 0) is 4.74 Å². The van der Waals surface area contributed by atoms with Crippen LogP contribution >= 0.6 is 24.0 Å². The van der Waals surface area contributed by atoms with E-state index in [1.54, 1.807) is 0 Å². The molecule has 0 aromatic heterocycles. The molecule has 2 saturated heterocycles. The number of guanidine groups is 1. The van der Waals surface area contributed by atoms with Crippen LogP contribution in [0.4, 0.5) is 0 Å². The van der Waals surface area contributed by atoms with Crippen molar-refractivity contribution in [2.75, 3.05) is 59.5 Å². The summed E-state index contributed by atoms with van der Waals surface area (Å²) in [5, 5.41) is 7.01. The second-order valence-corrected chi connectivity index (χ2v) is 7.67. The third-order valence-electron chi connectivity index (χ3n) is 6.06. The number of aliphatic imine (C=N–C) groups is 1. The van der Waals surface area contributed by atoms with Crippen LogP contribution in [0.2, 0.25) is 0 Å². The molecule has 2 rings (SSSR count). The Hall–Kier alpha value is -0.120. The molecule has 27 heavy (non-hydrogen) atoms. The first-order valence-corrected chi connectivity index (χ1v) is 10.7. The minimum atomic E-state index is 0. The smallest absolute Gasteiger partial charge is 0.191 e. The first-order chi connectivity index (χ1) is 12.7. The Kier molecular flexibility index (Phi) is 12.9. The lowest BCUT2D eigenvalue weighted by Gasteiger charge is -2.38. The highest BCUT2D eigenvalue weighted by Gasteiger charge is 2.27. The number of hydrogen-bond donors (Lipinski definition) is 2. The SMILES string of the molecule is CCNC(=NCC(C(CC)CC)N1CCOCC1)NCC1CCCN1C.I. The Balaban J connectivity index is 0.00000364. The average Bonchev–Trinajstić information content (AvgIpc) is 3.08. The summed E-state index contributed by atoms with van der Waals surface area (Å²) >= 11 is 0. The molecule has 0 amide bonds. The first kappa shape index (κ1) is 24.9. The van der Waals surface area contributed by atoms with E-state index in [4.69, 9.17) is 9.73 Å². The van der Waals surface area contributed by atoms with Crippen molar-refractivity contribution in [1.29, 1.82) is 0 Å². The van der Waals surface area contributed by atoms with Crippen LogP contribution in [0.25, 0.3) is 0 Å². The molecule has 6 nitrogen and oxygen atoms in total. The summed E-state index contributed by atoms with van der Waals surface area (Å²) in [6.45, 7) is 14.5. The highest BCUT2D eigenvalue weighted by Crippen LogP contribution is 2.20. The largest absolute Gasteiger partial charge is 0.379 e. The van der Waals surface area contributed by atoms with Gasteiger partial charge in [-0.15, -0.1) is 24.0 Å². The molecular weight excluding hydrogens is 453 g/mol. The van der Waals surface area contributed by atoms with Crippen molar-refractivity contribution in [3.63, 3.8) is 0 Å². The number of nitrogens with zero attached hydrogens (tertiary/aromatic N) is 3. The molecule has 2 N–H and O–H groups in total. The number of likely N-dealkylation sites (N-methyl/N-ethyl adjacent to an activating group) is 1. The monoisotopic (exact) mass is 495 g/mol. The van der Waals surface area contributed by atoms with Gasteiger partial charge in [0.15, 0.2) is 5.96 Å². The molecule has 2 atom stereocenters. The van der Waals surface area contributed by atoms with Gasteiger partial charge in [-0.1, -0.05) is 26.7 Å². The second kappa shape index (κ2) is 14.0. The van der Waals surface area contributed by atoms with Crippen LogP contribution < -0.4 is 10.6 Å². The molecule has 7 heteroatoms. The van der Waals surface area contributed by atoms with Gasteiger partial charge in [0.1, 0.15) is 0 Å². The van der Waals surface area contributed by atoms with Crippen molar-refractivity contribution >= 4 is 29.9 Å². The zero-order valence-electron chi connectivity index (χ0n) is 17.9. The molecule has 0 bridgehead atoms. The maximum atomic E-state index is 5.56. The third-order valence-corrected chi connectivity index (χ3v) is 6.06. The molecule has 2 aliphatic heterocycles. The van der Waals surface area contributed by atoms with Crippen molar-refractivity contribution in [3.8, 4) is 0 Å². The van der Waals surface area contributed by atoms with Crippen LogP contribution in [0.15, 0.2) is 4.99 Å². The molecule has 2 heterocycles. The van der Waals surface area contributed by atoms with Crippen LogP contribution in [0.5, 0.6) is 0 Å². The number of halogens is 1. The zero-order chi connectivity index (χ0) is 18.8. The van der Waals surface area contributed by atoms with Crippen LogP contribution in [0, 0.1) is 5.92 Å². The number of ether oxygens (including phenoxy) is 1. The summed E-state index contributed by atoms with van der Waals surface area (Å²) in [6, 6.07) is 1.14. The highest BCUT2D eigenvalue weighted by molar-refractivity contribution is 14.0. The third kappa shape index (κ3) is 8.03. The molecule has 160 valence electrons. The van der Waals surface area contributed by atoms with Gasteiger partial charge in [-0.2, -0.15) is 0 Å². The fraction of sp³-hybridized carbons (Fsp3) is 0.950. The van der Waals surface area contributed by atoms with E-state index < -0.39 is 0 Å². The Bertz CT molecular complexity index is 413. The van der Waals surface area contributed by atoms with Crippen molar-refractivity contribution < 1.29 is 4.74 Å². The second-order valence-electron chi connectivity index (χ2n) is 7.67. The predicted molar refractivity (Wildman–Crippen MR) is 125 cm³/mol. The molecule has 0 saturated carbocycles. The van der Waals surface area contributed by atoms with Gasteiger partial charge in [-0.05, 0) is 39.3 Å². The molecular formula is C20H42IN5O. The van der Waals surface area contributed by atoms with Crippen LogP contribution in [0.3, 0.4) is 0 Å². The van der Waals surface area contributed by atoms with Crippen molar-refractivity contribution in [2.24, 2.45) is 10.9 Å². The summed E-state index contributed by atoms with van der Waals surface area (Å²) in [5.41, 5.74) is 0. The lowest BCUT2D eigenvalue weighted by molar-refractivity contribution is 0.00395. The number of morpholine rings is 1. The fourth-order valence-corrected chi connectivity index (χ4v) is 4.28. The van der Waals surface area contributed by atoms with Gasteiger partial charge in [0.05, 0.1) is 19.8 Å². The van der Waals surface area contributed by atoms with Crippen LogP contribution in [0.1, 0.15) is 46.5 Å². The molecule has 0 aliphatic carbocycles. The van der Waals surface area contributed by atoms with Gasteiger partial charge in [-0.25, -0.2) is 0 Å². The van der Waals surface area contributed by atoms with E-state index in [0.717, 1.165) is 51.9 Å². The van der Waals surface area contributed by atoms with Gasteiger partial charge in [0.25, 0.3) is 0 Å². The van der Waals surface area contributed by atoms with Gasteiger partial charge in [0.2, 0.25) is 0 Å². The minimum absolute atomic E-state index is 0. The Labute approximate surface area is 183 Å². The fourth-order valence-electron chi connectivity index (χ4n) is 4.28. The van der Waals surface area contributed by atoms with Gasteiger partial charge in [0, 0.05) is 38.3 Å². The Morgan fingerprint density at radius 2 is 1.81 bits per heavy atom. The molecule has 2 aliphatic rings. The molecule has 2 fully saturated rings. The normalized spacial score (nSPS) is 23.3. The highest BCUT2D eigenvalue weighted by atomic mass is 127. The summed E-state index contributed by atoms with van der Waals surface area (Å²) < 4.78 is 5.56. The zero-order valence-corrected chi connectivity index (χ0v) is 20.2. The van der Waals surface area contributed by atoms with Gasteiger partial charge >= 0.3 is 0 Å². The maximum absolute atomic E-state index is 5.56. The van der Waals surface area contributed by atoms with E-state index in [0.29, 0.717) is 18.0 Å². The Morgan fingerprint density at radius 1 is 1.11 bits per heavy atom. The quantitative estimate of drug-likeness (QED) is 0.292. The molecule has 0 spiro atoms. The first-order valence-electron chi connectivity index (χ1n) is 10.7. The van der Waals surface area contributed by atoms with E-state index in [-0.39, 0.29) is 24.0 Å². The Morgan fingerprint density at radius 3 is 2.37 bits per heavy atom. The van der Waals surface area contributed by atoms with E-state index >= 15 is 0 Å². The van der Waals surface area contributed by atoms with Crippen molar-refractivity contribution in [1.82, 2.24) is 20.4 Å². The lowest BCUT2D eigenvalue weighted by atomic mass is 9.92. The van der Waals surface area contributed by atoms with Crippen molar-refractivity contribution in [3.05, 3.63) is 0 Å². The molecule has 0 aromatic rings. The molecule has 0 radical (unpaired) electrons. The predicted octanol–water partition coefficient (Wildman–Crippen LogP) is 2.39. The topological polar surface area (TPSA) is 52.1 Å². The molecule has 2 unspecified atom stereocenters. The maximum Gasteiger partial charge on any atom is 0.191 e. The number of likely N-dealkylation sites (tertiary alicyclic amines) is 1. The standard InChI is InChI=1S/C20H41N5O.HI/c1-5-17(6-2)19(25-11-13-26-14-12-25)16-23-20(21-7-3)22-15-18-9-8-10-24(18)4;/h17-19H,5-16H2,1-4H3,(H2,21,22,23);1H. The van der Waals surface area contributed by atoms with E-state index in [9.17, 15) is 0 Å². The van der Waals surface area contributed by atoms with E-state index in [1.807, 2.05) is 0 Å². The van der Waals surface area contributed by atoms with Crippen LogP contribution in [-0.4, -0.2) is 87.4 Å². The summed E-state index contributed by atoms with van der Waals surface area (Å²) in [5.74, 6) is 1.66. The number of rotatable bonds is 9. The lowest BCUT2D eigenvalue weighted by Crippen LogP contribution is -2.49. The number of nitrogens with one attached hydrogen (secondary N) is 2. The summed E-state index contributed by atoms with van der Waals surface area (Å²) in [7, 11) is 2.23.